The van der Waals surface area contributed by atoms with Crippen LogP contribution in [0.3, 0.4) is 0 Å². The van der Waals surface area contributed by atoms with Gasteiger partial charge in [0.25, 0.3) is 17.7 Å². The molecule has 0 bridgehead atoms. The van der Waals surface area contributed by atoms with E-state index in [0.717, 1.165) is 36.0 Å². The predicted octanol–water partition coefficient (Wildman–Crippen LogP) is 12.1. The zero-order chi connectivity index (χ0) is 61.9. The molecule has 452 valence electrons. The zero-order valence-corrected chi connectivity index (χ0v) is 49.7. The molecule has 16 nitrogen and oxygen atoms in total. The molecule has 83 heavy (non-hydrogen) atoms. The first kappa shape index (κ1) is 69.5. The lowest BCUT2D eigenvalue weighted by molar-refractivity contribution is -0.142. The van der Waals surface area contributed by atoms with Crippen molar-refractivity contribution >= 4 is 104 Å². The Bertz CT molecular complexity index is 3000. The number of carbonyl (C=O) groups is 6. The number of hydrogen-bond donors (Lipinski definition) is 3. The molecular weight excluding hydrogens is 1210 g/mol. The molecule has 5 amide bonds. The van der Waals surface area contributed by atoms with E-state index in [-0.39, 0.29) is 24.3 Å². The highest BCUT2D eigenvalue weighted by Gasteiger charge is 2.39. The average molecular weight is 1270 g/mol. The van der Waals surface area contributed by atoms with Gasteiger partial charge in [0.1, 0.15) is 32.8 Å². The Labute approximate surface area is 500 Å². The van der Waals surface area contributed by atoms with Crippen molar-refractivity contribution in [3.63, 3.8) is 0 Å². The van der Waals surface area contributed by atoms with E-state index in [0.29, 0.717) is 79.0 Å². The minimum atomic E-state index is -4.65. The number of hydrogen-bond acceptors (Lipinski definition) is 12. The number of unbranched alkanes of at least 4 members (excludes halogenated alkanes) is 2. The number of carbonyl (C=O) groups excluding carboxylic acids is 6. The Hall–Kier alpha value is -6.01. The van der Waals surface area contributed by atoms with E-state index in [1.54, 1.807) is 91.2 Å². The summed E-state index contributed by atoms with van der Waals surface area (Å²) in [5.41, 5.74) is 3.97. The van der Waals surface area contributed by atoms with Gasteiger partial charge in [0, 0.05) is 68.4 Å². The molecular formula is C56H61Cl5F6N6O10. The second kappa shape index (κ2) is 31.8. The van der Waals surface area contributed by atoms with Gasteiger partial charge in [-0.15, -0.1) is 0 Å². The molecule has 0 saturated heterocycles. The maximum Gasteiger partial charge on any atom is 0.405 e. The average Bonchev–Trinajstić information content (AvgIpc) is 2.58. The van der Waals surface area contributed by atoms with Gasteiger partial charge in [0.2, 0.25) is 17.1 Å². The summed E-state index contributed by atoms with van der Waals surface area (Å²) in [6.07, 6.45) is -4.81. The summed E-state index contributed by atoms with van der Waals surface area (Å²) < 4.78 is 84.3. The van der Waals surface area contributed by atoms with Crippen molar-refractivity contribution in [1.82, 2.24) is 20.9 Å². The summed E-state index contributed by atoms with van der Waals surface area (Å²) in [5, 5.41) is 15.5. The molecule has 2 atom stereocenters. The van der Waals surface area contributed by atoms with Crippen LogP contribution in [0.25, 0.3) is 0 Å². The first-order valence-electron chi connectivity index (χ1n) is 25.6. The summed E-state index contributed by atoms with van der Waals surface area (Å²) in [4.78, 5) is 84.4. The van der Waals surface area contributed by atoms with Crippen molar-refractivity contribution in [2.45, 2.75) is 104 Å². The Morgan fingerprint density at radius 1 is 0.614 bits per heavy atom. The zero-order valence-electron chi connectivity index (χ0n) is 45.9. The molecule has 2 unspecified atom stereocenters. The number of nitrogens with zero attached hydrogens (tertiary/aromatic N) is 3. The summed E-state index contributed by atoms with van der Waals surface area (Å²) in [6.45, 7) is 6.94. The number of imide groups is 1. The minimum Gasteiger partial charge on any atom is -0.384 e. The van der Waals surface area contributed by atoms with E-state index in [4.69, 9.17) is 77.2 Å². The van der Waals surface area contributed by atoms with Crippen LogP contribution < -0.4 is 16.0 Å². The molecule has 3 N–H and O–H groups in total. The van der Waals surface area contributed by atoms with Crippen LogP contribution in [0.1, 0.15) is 120 Å². The Morgan fingerprint density at radius 2 is 1.04 bits per heavy atom. The number of ether oxygens (including phenoxy) is 2. The first-order chi connectivity index (χ1) is 38.8. The van der Waals surface area contributed by atoms with Gasteiger partial charge in [-0.05, 0) is 135 Å². The van der Waals surface area contributed by atoms with Crippen LogP contribution in [0.2, 0.25) is 20.1 Å². The lowest BCUT2D eigenvalue weighted by Crippen LogP contribution is -2.47. The highest BCUT2D eigenvalue weighted by molar-refractivity contribution is 6.63. The standard InChI is InChI=1S/C28H30Cl2F3N3O5.C22H20Cl2F3N3O3.C6H11ClO2/c1-4-5-8-40-15-25(38)36(14-24(37)34-16-28(31,32)33)26(39)22-7-6-18(9-17(22)2)23-13-27(3,41-35-23)19-10-20(29)12-21(30)11-19;1-12-5-13(3-4-17(12)20(32)28-10-19(31)29-11-22(25,26)27)18-9-21(2,33-30-18)14-6-15(23)8-16(24)7-14;1-2-3-4-9-5-6(7)8/h6-7,9-12H,4-5,8,13-16H2,1-3H3,(H,34,37);3-8H,9-11H2,1-2H3,(H,28,32)(H,29,31);2-5H2,1H3. The molecule has 0 radical (unpaired) electrons. The molecule has 27 heteroatoms. The van der Waals surface area contributed by atoms with Gasteiger partial charge in [0.05, 0.1) is 18.0 Å². The quantitative estimate of drug-likeness (QED) is 0.0386. The molecule has 0 aliphatic carbocycles. The van der Waals surface area contributed by atoms with E-state index in [9.17, 15) is 55.1 Å². The molecule has 2 aliphatic heterocycles. The summed E-state index contributed by atoms with van der Waals surface area (Å²) in [6, 6.07) is 20.0. The van der Waals surface area contributed by atoms with Crippen LogP contribution >= 0.6 is 58.0 Å². The van der Waals surface area contributed by atoms with Crippen molar-refractivity contribution in [3.05, 3.63) is 137 Å². The van der Waals surface area contributed by atoms with Crippen LogP contribution in [0.5, 0.6) is 0 Å². The van der Waals surface area contributed by atoms with Crippen LogP contribution in [0.4, 0.5) is 26.3 Å². The van der Waals surface area contributed by atoms with Gasteiger partial charge in [-0.2, -0.15) is 26.3 Å². The number of aryl methyl sites for hydroxylation is 2. The van der Waals surface area contributed by atoms with E-state index in [2.05, 4.69) is 22.6 Å². The second-order valence-corrected chi connectivity index (χ2v) is 21.5. The van der Waals surface area contributed by atoms with E-state index >= 15 is 0 Å². The molecule has 0 saturated carbocycles. The van der Waals surface area contributed by atoms with Crippen LogP contribution in [0.15, 0.2) is 83.1 Å². The van der Waals surface area contributed by atoms with Gasteiger partial charge in [-0.1, -0.05) is 95.5 Å². The SMILES string of the molecule is CCCCOCC(=O)Cl.CCCCOCC(=O)N(CC(=O)NCC(F)(F)F)C(=O)c1ccc(C2=NOC(C)(c3cc(Cl)cc(Cl)c3)C2)cc1C.Cc1cc(C2=NOC(C)(c3cc(Cl)cc(Cl)c3)C2)ccc1C(=O)NCC(=O)NCC(F)(F)F. The fourth-order valence-electron chi connectivity index (χ4n) is 7.81. The lowest BCUT2D eigenvalue weighted by Gasteiger charge is -2.23. The number of halogens is 11. The van der Waals surface area contributed by atoms with Crippen molar-refractivity contribution in [3.8, 4) is 0 Å². The maximum atomic E-state index is 13.4. The molecule has 4 aromatic rings. The van der Waals surface area contributed by atoms with Crippen molar-refractivity contribution < 1.29 is 74.3 Å². The minimum absolute atomic E-state index is 0.0432. The number of oxime groups is 2. The highest BCUT2D eigenvalue weighted by atomic mass is 35.5. The van der Waals surface area contributed by atoms with Crippen LogP contribution in [-0.2, 0) is 49.5 Å². The van der Waals surface area contributed by atoms with Crippen LogP contribution in [-0.4, -0.2) is 116 Å². The monoisotopic (exact) mass is 1270 g/mol. The van der Waals surface area contributed by atoms with Gasteiger partial charge in [0.15, 0.2) is 11.2 Å². The molecule has 6 rings (SSSR count). The van der Waals surface area contributed by atoms with Crippen LogP contribution in [0, 0.1) is 13.8 Å². The van der Waals surface area contributed by atoms with Crippen molar-refractivity contribution in [2.24, 2.45) is 10.3 Å². The fourth-order valence-corrected chi connectivity index (χ4v) is 8.94. The van der Waals surface area contributed by atoms with Crippen molar-refractivity contribution in [1.29, 1.82) is 0 Å². The number of alkyl halides is 6. The number of benzene rings is 4. The van der Waals surface area contributed by atoms with Gasteiger partial charge in [-0.3, -0.25) is 33.7 Å². The van der Waals surface area contributed by atoms with E-state index in [1.807, 2.05) is 20.8 Å². The smallest absolute Gasteiger partial charge is 0.384 e. The van der Waals surface area contributed by atoms with Gasteiger partial charge >= 0.3 is 12.4 Å². The van der Waals surface area contributed by atoms with E-state index < -0.39 is 91.1 Å². The number of rotatable bonds is 22. The molecule has 4 aromatic carbocycles. The summed E-state index contributed by atoms with van der Waals surface area (Å²) in [7, 11) is 0. The first-order valence-corrected chi connectivity index (χ1v) is 27.5. The third-order valence-corrected chi connectivity index (χ3v) is 13.2. The van der Waals surface area contributed by atoms with Gasteiger partial charge < -0.3 is 35.1 Å². The fraction of sp³-hybridized carbons (Fsp3) is 0.429. The normalized spacial score (nSPS) is 16.3. The Morgan fingerprint density at radius 3 is 1.45 bits per heavy atom. The number of amides is 5. The third kappa shape index (κ3) is 22.8. The molecule has 2 aliphatic rings. The Kier molecular flexibility index (Phi) is 26.6. The number of nitrogens with one attached hydrogen (secondary N) is 3. The van der Waals surface area contributed by atoms with Gasteiger partial charge in [-0.25, -0.2) is 0 Å². The second-order valence-electron chi connectivity index (χ2n) is 19.4. The lowest BCUT2D eigenvalue weighted by atomic mass is 9.88. The highest BCUT2D eigenvalue weighted by Crippen LogP contribution is 2.40. The van der Waals surface area contributed by atoms with E-state index in [1.165, 1.54) is 6.07 Å². The van der Waals surface area contributed by atoms with Crippen molar-refractivity contribution in [2.75, 3.05) is 52.6 Å². The maximum absolute atomic E-state index is 13.4. The Balaban J connectivity index is 0.000000315. The molecule has 0 aromatic heterocycles. The predicted molar refractivity (Wildman–Crippen MR) is 303 cm³/mol. The molecule has 0 spiro atoms. The molecule has 2 heterocycles. The summed E-state index contributed by atoms with van der Waals surface area (Å²) >= 11 is 29.5. The molecule has 0 fully saturated rings. The topological polar surface area (TPSA) is 203 Å². The largest absolute Gasteiger partial charge is 0.405 e. The summed E-state index contributed by atoms with van der Waals surface area (Å²) in [5.74, 6) is -4.34. The third-order valence-electron chi connectivity index (χ3n) is 12.2.